The summed E-state index contributed by atoms with van der Waals surface area (Å²) in [5.41, 5.74) is 2.61. The highest BCUT2D eigenvalue weighted by Gasteiger charge is 2.17. The van der Waals surface area contributed by atoms with Crippen molar-refractivity contribution in [2.45, 2.75) is 19.3 Å². The zero-order chi connectivity index (χ0) is 19.5. The van der Waals surface area contributed by atoms with Crippen LogP contribution in [0.3, 0.4) is 0 Å². The Bertz CT molecular complexity index is 997. The third kappa shape index (κ3) is 3.99. The van der Waals surface area contributed by atoms with Gasteiger partial charge >= 0.3 is 0 Å². The summed E-state index contributed by atoms with van der Waals surface area (Å²) in [5, 5.41) is 8.32. The van der Waals surface area contributed by atoms with Crippen LogP contribution in [0, 0.1) is 0 Å². The van der Waals surface area contributed by atoms with Crippen LogP contribution in [0.25, 0.3) is 16.9 Å². The fraction of sp³-hybridized carbons (Fsp3) is 0.350. The van der Waals surface area contributed by atoms with Crippen LogP contribution in [0.15, 0.2) is 36.7 Å². The first-order valence-corrected chi connectivity index (χ1v) is 10.2. The number of amides is 1. The van der Waals surface area contributed by atoms with Crippen molar-refractivity contribution in [2.75, 3.05) is 26.2 Å². The Morgan fingerprint density at radius 1 is 1.11 bits per heavy atom. The van der Waals surface area contributed by atoms with Gasteiger partial charge in [0.25, 0.3) is 5.91 Å². The number of piperidine rings is 1. The maximum atomic E-state index is 12.6. The van der Waals surface area contributed by atoms with E-state index in [2.05, 4.69) is 20.3 Å². The average molecular weight is 418 g/mol. The summed E-state index contributed by atoms with van der Waals surface area (Å²) < 4.78 is 1.65. The summed E-state index contributed by atoms with van der Waals surface area (Å²) in [7, 11) is 0. The fourth-order valence-electron chi connectivity index (χ4n) is 3.53. The molecule has 3 aromatic rings. The van der Waals surface area contributed by atoms with E-state index in [-0.39, 0.29) is 5.91 Å². The van der Waals surface area contributed by atoms with Gasteiger partial charge < -0.3 is 10.2 Å². The zero-order valence-electron chi connectivity index (χ0n) is 15.4. The molecule has 0 saturated carbocycles. The van der Waals surface area contributed by atoms with Crippen LogP contribution in [0.4, 0.5) is 0 Å². The summed E-state index contributed by atoms with van der Waals surface area (Å²) in [6.45, 7) is 3.71. The maximum Gasteiger partial charge on any atom is 0.256 e. The molecule has 4 rings (SSSR count). The highest BCUT2D eigenvalue weighted by molar-refractivity contribution is 6.42. The Hall–Kier alpha value is -2.15. The van der Waals surface area contributed by atoms with Crippen molar-refractivity contribution in [1.82, 2.24) is 24.8 Å². The quantitative estimate of drug-likeness (QED) is 0.683. The molecule has 0 aliphatic carbocycles. The minimum Gasteiger partial charge on any atom is -0.351 e. The van der Waals surface area contributed by atoms with E-state index >= 15 is 0 Å². The predicted octanol–water partition coefficient (Wildman–Crippen LogP) is 3.92. The molecular weight excluding hydrogens is 397 g/mol. The van der Waals surface area contributed by atoms with Gasteiger partial charge in [-0.2, -0.15) is 5.10 Å². The van der Waals surface area contributed by atoms with Gasteiger partial charge in [0.2, 0.25) is 0 Å². The smallest absolute Gasteiger partial charge is 0.256 e. The van der Waals surface area contributed by atoms with Crippen molar-refractivity contribution >= 4 is 34.8 Å². The maximum absolute atomic E-state index is 12.6. The normalized spacial score (nSPS) is 15.1. The third-order valence-electron chi connectivity index (χ3n) is 5.02. The first-order chi connectivity index (χ1) is 13.6. The predicted molar refractivity (Wildman–Crippen MR) is 111 cm³/mol. The second kappa shape index (κ2) is 8.47. The number of aromatic nitrogens is 3. The lowest BCUT2D eigenvalue weighted by molar-refractivity contribution is 0.0948. The number of fused-ring (bicyclic) bond motifs is 1. The molecule has 8 heteroatoms. The minimum atomic E-state index is -0.161. The van der Waals surface area contributed by atoms with Gasteiger partial charge in [-0.3, -0.25) is 4.79 Å². The number of rotatable bonds is 5. The molecule has 1 N–H and O–H groups in total. The molecule has 1 aliphatic rings. The van der Waals surface area contributed by atoms with Gasteiger partial charge in [-0.25, -0.2) is 9.50 Å². The number of halogens is 2. The number of nitrogens with one attached hydrogen (secondary N) is 1. The van der Waals surface area contributed by atoms with Crippen LogP contribution >= 0.6 is 23.2 Å². The molecule has 1 fully saturated rings. The number of nitrogens with zero attached hydrogens (tertiary/aromatic N) is 4. The monoisotopic (exact) mass is 417 g/mol. The third-order valence-corrected chi connectivity index (χ3v) is 5.76. The van der Waals surface area contributed by atoms with E-state index in [1.807, 2.05) is 12.1 Å². The molecule has 28 heavy (non-hydrogen) atoms. The summed E-state index contributed by atoms with van der Waals surface area (Å²) in [4.78, 5) is 19.4. The fourth-order valence-corrected chi connectivity index (χ4v) is 3.83. The Morgan fingerprint density at radius 2 is 1.93 bits per heavy atom. The number of benzene rings is 1. The Balaban J connectivity index is 1.52. The summed E-state index contributed by atoms with van der Waals surface area (Å²) >= 11 is 12.2. The standard InChI is InChI=1S/C20H21Cl2N5O/c21-16-5-4-14(12-17(16)22)18-6-7-23-19-15(13-25-27(18)19)20(28)24-8-11-26-9-2-1-3-10-26/h4-7,12-13H,1-3,8-11H2,(H,24,28). The largest absolute Gasteiger partial charge is 0.351 e. The second-order valence-corrected chi connectivity index (χ2v) is 7.73. The van der Waals surface area contributed by atoms with E-state index < -0.39 is 0 Å². The van der Waals surface area contributed by atoms with Crippen LogP contribution in [-0.2, 0) is 0 Å². The molecule has 3 heterocycles. The highest BCUT2D eigenvalue weighted by atomic mass is 35.5. The van der Waals surface area contributed by atoms with Crippen molar-refractivity contribution in [3.63, 3.8) is 0 Å². The molecule has 1 amide bonds. The van der Waals surface area contributed by atoms with Gasteiger partial charge in [-0.1, -0.05) is 35.7 Å². The summed E-state index contributed by atoms with van der Waals surface area (Å²) in [5.74, 6) is -0.161. The summed E-state index contributed by atoms with van der Waals surface area (Å²) in [6, 6.07) is 7.21. The van der Waals surface area contributed by atoms with Gasteiger partial charge in [0.1, 0.15) is 5.56 Å². The Kier molecular flexibility index (Phi) is 5.80. The van der Waals surface area contributed by atoms with Gasteiger partial charge in [-0.15, -0.1) is 0 Å². The molecule has 6 nitrogen and oxygen atoms in total. The molecule has 0 unspecified atom stereocenters. The van der Waals surface area contributed by atoms with Crippen LogP contribution < -0.4 is 5.32 Å². The lowest BCUT2D eigenvalue weighted by atomic mass is 10.1. The lowest BCUT2D eigenvalue weighted by Gasteiger charge is -2.26. The first kappa shape index (κ1) is 19.2. The van der Waals surface area contributed by atoms with E-state index in [9.17, 15) is 4.79 Å². The lowest BCUT2D eigenvalue weighted by Crippen LogP contribution is -2.37. The molecule has 0 radical (unpaired) electrons. The SMILES string of the molecule is O=C(NCCN1CCCCC1)c1cnn2c(-c3ccc(Cl)c(Cl)c3)ccnc12. The number of carbonyl (C=O) groups is 1. The van der Waals surface area contributed by atoms with Gasteiger partial charge in [0, 0.05) is 24.8 Å². The van der Waals surface area contributed by atoms with Gasteiger partial charge in [-0.05, 0) is 44.1 Å². The summed E-state index contributed by atoms with van der Waals surface area (Å²) in [6.07, 6.45) is 7.00. The molecule has 0 spiro atoms. The van der Waals surface area contributed by atoms with Crippen molar-refractivity contribution in [1.29, 1.82) is 0 Å². The van der Waals surface area contributed by atoms with E-state index in [4.69, 9.17) is 23.2 Å². The molecule has 146 valence electrons. The number of hydrogen-bond acceptors (Lipinski definition) is 4. The number of carbonyl (C=O) groups excluding carboxylic acids is 1. The van der Waals surface area contributed by atoms with Crippen molar-refractivity contribution < 1.29 is 4.79 Å². The van der Waals surface area contributed by atoms with E-state index in [1.54, 1.807) is 29.0 Å². The number of likely N-dealkylation sites (tertiary alicyclic amines) is 1. The van der Waals surface area contributed by atoms with Gasteiger partial charge in [0.15, 0.2) is 5.65 Å². The van der Waals surface area contributed by atoms with E-state index in [0.717, 1.165) is 30.9 Å². The number of hydrogen-bond donors (Lipinski definition) is 1. The van der Waals surface area contributed by atoms with Crippen LogP contribution in [0.2, 0.25) is 10.0 Å². The molecule has 1 aromatic carbocycles. The Morgan fingerprint density at radius 3 is 2.71 bits per heavy atom. The minimum absolute atomic E-state index is 0.161. The topological polar surface area (TPSA) is 62.5 Å². The zero-order valence-corrected chi connectivity index (χ0v) is 16.9. The van der Waals surface area contributed by atoms with Crippen molar-refractivity contribution in [3.8, 4) is 11.3 Å². The van der Waals surface area contributed by atoms with E-state index in [0.29, 0.717) is 27.8 Å². The van der Waals surface area contributed by atoms with Gasteiger partial charge in [0.05, 0.1) is 21.9 Å². The molecule has 0 atom stereocenters. The van der Waals surface area contributed by atoms with Crippen LogP contribution in [0.5, 0.6) is 0 Å². The molecule has 2 aromatic heterocycles. The molecule has 1 aliphatic heterocycles. The van der Waals surface area contributed by atoms with Crippen molar-refractivity contribution in [2.24, 2.45) is 0 Å². The molecular formula is C20H21Cl2N5O. The first-order valence-electron chi connectivity index (χ1n) is 9.42. The molecule has 0 bridgehead atoms. The van der Waals surface area contributed by atoms with Crippen LogP contribution in [-0.4, -0.2) is 51.6 Å². The average Bonchev–Trinajstić information content (AvgIpc) is 3.15. The van der Waals surface area contributed by atoms with Crippen molar-refractivity contribution in [3.05, 3.63) is 52.3 Å². The highest BCUT2D eigenvalue weighted by Crippen LogP contribution is 2.28. The van der Waals surface area contributed by atoms with Crippen LogP contribution in [0.1, 0.15) is 29.6 Å². The second-order valence-electron chi connectivity index (χ2n) is 6.91. The molecule has 1 saturated heterocycles. The Labute approximate surface area is 173 Å². The van der Waals surface area contributed by atoms with E-state index in [1.165, 1.54) is 19.3 Å².